The lowest BCUT2D eigenvalue weighted by molar-refractivity contribution is 0.579. The zero-order valence-electron chi connectivity index (χ0n) is 8.05. The van der Waals surface area contributed by atoms with Gasteiger partial charge in [-0.1, -0.05) is 6.92 Å². The number of nitrogens with zero attached hydrogens (tertiary/aromatic N) is 3. The molecule has 0 fully saturated rings. The van der Waals surface area contributed by atoms with Crippen LogP contribution in [0.2, 0.25) is 0 Å². The third-order valence-electron chi connectivity index (χ3n) is 1.70. The molecule has 0 aromatic carbocycles. The largest absolute Gasteiger partial charge is 0.367 e. The normalized spacial score (nSPS) is 11.8. The highest BCUT2D eigenvalue weighted by Gasteiger charge is 2.09. The molecule has 0 saturated heterocycles. The minimum Gasteiger partial charge on any atom is -0.367 e. The summed E-state index contributed by atoms with van der Waals surface area (Å²) in [5.41, 5.74) is 5.28. The average Bonchev–Trinajstić information content (AvgIpc) is 2.48. The number of rotatable bonds is 5. The topological polar surface area (TPSA) is 90.9 Å². The molecule has 0 amide bonds. The van der Waals surface area contributed by atoms with Crippen LogP contribution in [0.3, 0.4) is 0 Å². The van der Waals surface area contributed by atoms with E-state index in [1.165, 1.54) is 11.0 Å². The summed E-state index contributed by atoms with van der Waals surface area (Å²) in [6.45, 7) is 2.15. The van der Waals surface area contributed by atoms with E-state index in [9.17, 15) is 8.42 Å². The van der Waals surface area contributed by atoms with Gasteiger partial charge in [-0.2, -0.15) is 0 Å². The summed E-state index contributed by atoms with van der Waals surface area (Å²) >= 11 is 0. The molecular formula is C7H14N4O2S. The van der Waals surface area contributed by atoms with Gasteiger partial charge in [0.2, 0.25) is 5.95 Å². The Kier molecular flexibility index (Phi) is 3.45. The minimum atomic E-state index is -2.95. The van der Waals surface area contributed by atoms with Crippen molar-refractivity contribution in [1.29, 1.82) is 0 Å². The Morgan fingerprint density at radius 1 is 1.50 bits per heavy atom. The number of sulfone groups is 1. The molecule has 14 heavy (non-hydrogen) atoms. The Morgan fingerprint density at radius 3 is 2.71 bits per heavy atom. The lowest BCUT2D eigenvalue weighted by atomic mass is 10.6. The fourth-order valence-corrected chi connectivity index (χ4v) is 2.35. The number of nitrogen functional groups attached to an aromatic ring is 1. The van der Waals surface area contributed by atoms with Crippen molar-refractivity contribution in [3.8, 4) is 0 Å². The van der Waals surface area contributed by atoms with Crippen LogP contribution in [0, 0.1) is 0 Å². The first-order valence-corrected chi connectivity index (χ1v) is 6.21. The highest BCUT2D eigenvalue weighted by atomic mass is 32.2. The molecule has 0 aliphatic carbocycles. The van der Waals surface area contributed by atoms with E-state index >= 15 is 0 Å². The molecule has 0 saturated carbocycles. The van der Waals surface area contributed by atoms with E-state index in [-0.39, 0.29) is 17.5 Å². The molecule has 1 aromatic heterocycles. The van der Waals surface area contributed by atoms with Crippen LogP contribution in [0.5, 0.6) is 0 Å². The van der Waals surface area contributed by atoms with Crippen LogP contribution in [0.1, 0.15) is 13.3 Å². The summed E-state index contributed by atoms with van der Waals surface area (Å²) in [7, 11) is -2.95. The SMILES string of the molecule is CCCS(=O)(=O)CCn1cnc(N)n1. The first-order chi connectivity index (χ1) is 6.53. The minimum absolute atomic E-state index is 0.0869. The Balaban J connectivity index is 2.48. The maximum atomic E-state index is 11.3. The van der Waals surface area contributed by atoms with Gasteiger partial charge >= 0.3 is 0 Å². The van der Waals surface area contributed by atoms with Gasteiger partial charge in [-0.25, -0.2) is 18.1 Å². The molecule has 0 bridgehead atoms. The predicted molar refractivity (Wildman–Crippen MR) is 53.4 cm³/mol. The smallest absolute Gasteiger partial charge is 0.239 e. The van der Waals surface area contributed by atoms with Gasteiger partial charge in [-0.3, -0.25) is 0 Å². The third-order valence-corrected chi connectivity index (χ3v) is 3.54. The third kappa shape index (κ3) is 3.33. The second-order valence-electron chi connectivity index (χ2n) is 3.02. The second kappa shape index (κ2) is 4.41. The van der Waals surface area contributed by atoms with Crippen LogP contribution in [0.25, 0.3) is 0 Å². The Hall–Kier alpha value is -1.11. The first kappa shape index (κ1) is 11.0. The lowest BCUT2D eigenvalue weighted by Crippen LogP contribution is -2.16. The first-order valence-electron chi connectivity index (χ1n) is 4.39. The van der Waals surface area contributed by atoms with Crippen LogP contribution in [0.4, 0.5) is 5.95 Å². The van der Waals surface area contributed by atoms with Crippen molar-refractivity contribution >= 4 is 15.8 Å². The van der Waals surface area contributed by atoms with Gasteiger partial charge in [0.05, 0.1) is 12.3 Å². The summed E-state index contributed by atoms with van der Waals surface area (Å²) in [5.74, 6) is 0.471. The van der Waals surface area contributed by atoms with Gasteiger partial charge in [-0.15, -0.1) is 5.10 Å². The number of hydrogen-bond acceptors (Lipinski definition) is 5. The summed E-state index contributed by atoms with van der Waals surface area (Å²) in [4.78, 5) is 3.70. The monoisotopic (exact) mass is 218 g/mol. The molecule has 7 heteroatoms. The fourth-order valence-electron chi connectivity index (χ4n) is 1.06. The predicted octanol–water partition coefficient (Wildman–Crippen LogP) is -0.315. The van der Waals surface area contributed by atoms with Gasteiger partial charge in [0.1, 0.15) is 6.33 Å². The Labute approximate surface area is 83.0 Å². The van der Waals surface area contributed by atoms with Crippen molar-refractivity contribution in [3.63, 3.8) is 0 Å². The molecule has 6 nitrogen and oxygen atoms in total. The highest BCUT2D eigenvalue weighted by Crippen LogP contribution is 1.96. The van der Waals surface area contributed by atoms with Crippen molar-refractivity contribution in [2.75, 3.05) is 17.2 Å². The number of anilines is 1. The molecule has 0 radical (unpaired) electrons. The van der Waals surface area contributed by atoms with Crippen LogP contribution < -0.4 is 5.73 Å². The molecule has 1 heterocycles. The molecule has 1 rings (SSSR count). The van der Waals surface area contributed by atoms with E-state index in [0.717, 1.165) is 0 Å². The molecule has 0 atom stereocenters. The van der Waals surface area contributed by atoms with E-state index in [2.05, 4.69) is 10.1 Å². The maximum absolute atomic E-state index is 11.3. The zero-order valence-corrected chi connectivity index (χ0v) is 8.87. The zero-order chi connectivity index (χ0) is 10.6. The number of aryl methyl sites for hydroxylation is 1. The summed E-state index contributed by atoms with van der Waals surface area (Å²) in [5, 5.41) is 3.79. The standard InChI is InChI=1S/C7H14N4O2S/c1-2-4-14(12,13)5-3-11-6-9-7(8)10-11/h6H,2-5H2,1H3,(H2,8,10). The Bertz CT molecular complexity index is 384. The van der Waals surface area contributed by atoms with Crippen LogP contribution >= 0.6 is 0 Å². The van der Waals surface area contributed by atoms with Crippen LogP contribution in [-0.4, -0.2) is 34.7 Å². The van der Waals surface area contributed by atoms with Crippen LogP contribution in [-0.2, 0) is 16.4 Å². The van der Waals surface area contributed by atoms with E-state index in [1.807, 2.05) is 6.92 Å². The Morgan fingerprint density at radius 2 is 2.21 bits per heavy atom. The highest BCUT2D eigenvalue weighted by molar-refractivity contribution is 7.91. The summed E-state index contributed by atoms with van der Waals surface area (Å²) in [6.07, 6.45) is 2.07. The maximum Gasteiger partial charge on any atom is 0.239 e. The van der Waals surface area contributed by atoms with E-state index < -0.39 is 9.84 Å². The van der Waals surface area contributed by atoms with E-state index in [4.69, 9.17) is 5.73 Å². The molecule has 0 unspecified atom stereocenters. The van der Waals surface area contributed by atoms with Gasteiger partial charge in [0.15, 0.2) is 9.84 Å². The molecule has 0 spiro atoms. The van der Waals surface area contributed by atoms with Gasteiger partial charge in [0, 0.05) is 5.75 Å². The average molecular weight is 218 g/mol. The van der Waals surface area contributed by atoms with Crippen molar-refractivity contribution in [2.45, 2.75) is 19.9 Å². The van der Waals surface area contributed by atoms with Gasteiger partial charge in [0.25, 0.3) is 0 Å². The van der Waals surface area contributed by atoms with Crippen molar-refractivity contribution < 1.29 is 8.42 Å². The molecule has 2 N–H and O–H groups in total. The summed E-state index contributed by atoms with van der Waals surface area (Å²) in [6, 6.07) is 0. The van der Waals surface area contributed by atoms with Crippen molar-refractivity contribution in [3.05, 3.63) is 6.33 Å². The van der Waals surface area contributed by atoms with Crippen LogP contribution in [0.15, 0.2) is 6.33 Å². The van der Waals surface area contributed by atoms with Crippen molar-refractivity contribution in [1.82, 2.24) is 14.8 Å². The lowest BCUT2D eigenvalue weighted by Gasteiger charge is -2.01. The number of nitrogens with two attached hydrogens (primary N) is 1. The molecule has 0 aliphatic heterocycles. The summed E-state index contributed by atoms with van der Waals surface area (Å²) < 4.78 is 24.1. The van der Waals surface area contributed by atoms with Gasteiger partial charge in [-0.05, 0) is 6.42 Å². The van der Waals surface area contributed by atoms with Gasteiger partial charge < -0.3 is 5.73 Å². The van der Waals surface area contributed by atoms with Crippen molar-refractivity contribution in [2.24, 2.45) is 0 Å². The van der Waals surface area contributed by atoms with E-state index in [1.54, 1.807) is 0 Å². The molecule has 80 valence electrons. The second-order valence-corrected chi connectivity index (χ2v) is 5.32. The fraction of sp³-hybridized carbons (Fsp3) is 0.714. The molecule has 0 aliphatic rings. The number of hydrogen-bond donors (Lipinski definition) is 1. The molecular weight excluding hydrogens is 204 g/mol. The quantitative estimate of drug-likeness (QED) is 0.731. The molecule has 1 aromatic rings. The number of aromatic nitrogens is 3. The van der Waals surface area contributed by atoms with E-state index in [0.29, 0.717) is 13.0 Å².